The fraction of sp³-hybridized carbons (Fsp3) is 0.111. The second-order valence-corrected chi connectivity index (χ2v) is 5.94. The highest BCUT2D eigenvalue weighted by Crippen LogP contribution is 2.18. The molecule has 26 heavy (non-hydrogen) atoms. The fourth-order valence-electron chi connectivity index (χ4n) is 2.78. The molecule has 3 heterocycles. The average molecular weight is 350 g/mol. The molecule has 0 unspecified atom stereocenters. The Morgan fingerprint density at radius 2 is 2.00 bits per heavy atom. The molecule has 1 amide bonds. The van der Waals surface area contributed by atoms with E-state index in [0.29, 0.717) is 18.1 Å². The van der Waals surface area contributed by atoms with E-state index in [1.165, 1.54) is 24.8 Å². The van der Waals surface area contributed by atoms with Crippen molar-refractivity contribution in [2.45, 2.75) is 6.54 Å². The molecule has 0 aliphatic carbocycles. The lowest BCUT2D eigenvalue weighted by Gasteiger charge is -2.16. The van der Waals surface area contributed by atoms with E-state index in [1.54, 1.807) is 40.8 Å². The average Bonchev–Trinajstić information content (AvgIpc) is 3.30. The van der Waals surface area contributed by atoms with Crippen molar-refractivity contribution in [1.29, 1.82) is 0 Å². The van der Waals surface area contributed by atoms with Crippen molar-refractivity contribution >= 4 is 16.8 Å². The summed E-state index contributed by atoms with van der Waals surface area (Å²) in [6.45, 7) is 0.355. The summed E-state index contributed by atoms with van der Waals surface area (Å²) in [5.74, 6) is 0.0579. The summed E-state index contributed by atoms with van der Waals surface area (Å²) < 4.78 is 14.9. The van der Waals surface area contributed by atoms with Crippen LogP contribution in [0.2, 0.25) is 0 Å². The van der Waals surface area contributed by atoms with Crippen LogP contribution in [-0.4, -0.2) is 42.6 Å². The zero-order valence-electron chi connectivity index (χ0n) is 13.9. The minimum Gasteiger partial charge on any atom is -0.357 e. The van der Waals surface area contributed by atoms with Gasteiger partial charge in [-0.15, -0.1) is 10.2 Å². The molecule has 130 valence electrons. The second kappa shape index (κ2) is 6.40. The first kappa shape index (κ1) is 15.9. The van der Waals surface area contributed by atoms with Gasteiger partial charge in [0.15, 0.2) is 0 Å². The summed E-state index contributed by atoms with van der Waals surface area (Å²) in [6, 6.07) is 11.6. The Morgan fingerprint density at radius 3 is 2.81 bits per heavy atom. The van der Waals surface area contributed by atoms with Gasteiger partial charge in [-0.1, -0.05) is 6.07 Å². The maximum Gasteiger partial charge on any atom is 0.272 e. The van der Waals surface area contributed by atoms with Gasteiger partial charge in [-0.3, -0.25) is 9.36 Å². The topological polar surface area (TPSA) is 79.7 Å². The first-order valence-electron chi connectivity index (χ1n) is 7.95. The first-order valence-corrected chi connectivity index (χ1v) is 7.95. The molecule has 0 atom stereocenters. The molecule has 8 heteroatoms. The van der Waals surface area contributed by atoms with Crippen molar-refractivity contribution in [3.05, 3.63) is 72.3 Å². The number of amides is 1. The minimum atomic E-state index is -0.289. The Kier molecular flexibility index (Phi) is 3.92. The lowest BCUT2D eigenvalue weighted by atomic mass is 10.2. The number of carbonyl (C=O) groups is 1. The summed E-state index contributed by atoms with van der Waals surface area (Å²) in [4.78, 5) is 21.8. The summed E-state index contributed by atoms with van der Waals surface area (Å²) in [6.07, 6.45) is 3.04. The van der Waals surface area contributed by atoms with Crippen LogP contribution >= 0.6 is 0 Å². The lowest BCUT2D eigenvalue weighted by Crippen LogP contribution is -2.27. The van der Waals surface area contributed by atoms with Crippen LogP contribution in [0, 0.1) is 5.82 Å². The minimum absolute atomic E-state index is 0.218. The van der Waals surface area contributed by atoms with Gasteiger partial charge in [-0.05, 0) is 36.4 Å². The summed E-state index contributed by atoms with van der Waals surface area (Å²) >= 11 is 0. The molecule has 0 radical (unpaired) electrons. The molecule has 0 bridgehead atoms. The maximum atomic E-state index is 13.3. The van der Waals surface area contributed by atoms with Crippen LogP contribution in [-0.2, 0) is 6.54 Å². The van der Waals surface area contributed by atoms with Gasteiger partial charge in [0, 0.05) is 23.6 Å². The monoisotopic (exact) mass is 350 g/mol. The van der Waals surface area contributed by atoms with Crippen LogP contribution in [0.25, 0.3) is 16.7 Å². The fourth-order valence-corrected chi connectivity index (χ4v) is 2.78. The van der Waals surface area contributed by atoms with E-state index in [1.807, 2.05) is 6.07 Å². The Balaban J connectivity index is 1.54. The van der Waals surface area contributed by atoms with Crippen molar-refractivity contribution < 1.29 is 9.18 Å². The standard InChI is InChI=1S/C18H15FN6O/c1-24(9-14-8-12-7-13(19)5-6-15(12)22-14)18(26)16-3-2-4-17(23-16)25-10-20-21-11-25/h2-8,10-11,22H,9H2,1H3. The van der Waals surface area contributed by atoms with E-state index in [2.05, 4.69) is 20.2 Å². The third kappa shape index (κ3) is 3.04. The Labute approximate surface area is 148 Å². The zero-order chi connectivity index (χ0) is 18.1. The van der Waals surface area contributed by atoms with E-state index >= 15 is 0 Å². The van der Waals surface area contributed by atoms with Crippen molar-refractivity contribution in [2.24, 2.45) is 0 Å². The van der Waals surface area contributed by atoms with E-state index in [-0.39, 0.29) is 11.7 Å². The van der Waals surface area contributed by atoms with Crippen LogP contribution < -0.4 is 0 Å². The molecule has 1 aromatic carbocycles. The first-order chi connectivity index (χ1) is 12.6. The van der Waals surface area contributed by atoms with Gasteiger partial charge in [0.25, 0.3) is 5.91 Å². The third-order valence-electron chi connectivity index (χ3n) is 4.03. The number of hydrogen-bond donors (Lipinski definition) is 1. The van der Waals surface area contributed by atoms with Crippen LogP contribution in [0.1, 0.15) is 16.2 Å². The molecule has 0 fully saturated rings. The predicted molar refractivity (Wildman–Crippen MR) is 93.2 cm³/mol. The van der Waals surface area contributed by atoms with Crippen LogP contribution in [0.4, 0.5) is 4.39 Å². The molecule has 0 saturated carbocycles. The molecular weight excluding hydrogens is 335 g/mol. The molecule has 0 saturated heterocycles. The van der Waals surface area contributed by atoms with Gasteiger partial charge >= 0.3 is 0 Å². The third-order valence-corrected chi connectivity index (χ3v) is 4.03. The van der Waals surface area contributed by atoms with Gasteiger partial charge in [-0.2, -0.15) is 0 Å². The zero-order valence-corrected chi connectivity index (χ0v) is 13.9. The maximum absolute atomic E-state index is 13.3. The number of halogens is 1. The molecule has 4 rings (SSSR count). The number of pyridine rings is 1. The number of nitrogens with zero attached hydrogens (tertiary/aromatic N) is 5. The van der Waals surface area contributed by atoms with Gasteiger partial charge in [0.05, 0.1) is 6.54 Å². The molecule has 3 aromatic heterocycles. The molecular formula is C18H15FN6O. The number of hydrogen-bond acceptors (Lipinski definition) is 4. The van der Waals surface area contributed by atoms with E-state index < -0.39 is 0 Å². The Hall–Kier alpha value is -3.55. The Bertz CT molecular complexity index is 1070. The number of aromatic nitrogens is 5. The number of carbonyl (C=O) groups excluding carboxylic acids is 1. The second-order valence-electron chi connectivity index (χ2n) is 5.94. The number of nitrogens with one attached hydrogen (secondary N) is 1. The van der Waals surface area contributed by atoms with Gasteiger partial charge < -0.3 is 9.88 Å². The van der Waals surface area contributed by atoms with Crippen LogP contribution in [0.3, 0.4) is 0 Å². The molecule has 7 nitrogen and oxygen atoms in total. The number of aromatic amines is 1. The quantitative estimate of drug-likeness (QED) is 0.613. The number of fused-ring (bicyclic) bond motifs is 1. The van der Waals surface area contributed by atoms with Gasteiger partial charge in [0.2, 0.25) is 0 Å². The SMILES string of the molecule is CN(Cc1cc2cc(F)ccc2[nH]1)C(=O)c1cccc(-n2cnnc2)n1. The van der Waals surface area contributed by atoms with E-state index in [0.717, 1.165) is 16.6 Å². The summed E-state index contributed by atoms with van der Waals surface area (Å²) in [5, 5.41) is 8.25. The smallest absolute Gasteiger partial charge is 0.272 e. The van der Waals surface area contributed by atoms with Crippen molar-refractivity contribution in [3.8, 4) is 5.82 Å². The Morgan fingerprint density at radius 1 is 1.19 bits per heavy atom. The summed E-state index contributed by atoms with van der Waals surface area (Å²) in [5.41, 5.74) is 1.97. The highest BCUT2D eigenvalue weighted by Gasteiger charge is 2.15. The van der Waals surface area contributed by atoms with E-state index in [4.69, 9.17) is 0 Å². The molecule has 0 aliphatic heterocycles. The van der Waals surface area contributed by atoms with Crippen LogP contribution in [0.5, 0.6) is 0 Å². The molecule has 1 N–H and O–H groups in total. The largest absolute Gasteiger partial charge is 0.357 e. The molecule has 4 aromatic rings. The predicted octanol–water partition coefficient (Wildman–Crippen LogP) is 2.55. The van der Waals surface area contributed by atoms with Gasteiger partial charge in [0.1, 0.15) is 30.0 Å². The number of benzene rings is 1. The van der Waals surface area contributed by atoms with Crippen molar-refractivity contribution in [2.75, 3.05) is 7.05 Å². The summed E-state index contributed by atoms with van der Waals surface area (Å²) in [7, 11) is 1.70. The van der Waals surface area contributed by atoms with Gasteiger partial charge in [-0.25, -0.2) is 9.37 Å². The highest BCUT2D eigenvalue weighted by atomic mass is 19.1. The lowest BCUT2D eigenvalue weighted by molar-refractivity contribution is 0.0778. The normalized spacial score (nSPS) is 11.0. The van der Waals surface area contributed by atoms with Crippen molar-refractivity contribution in [3.63, 3.8) is 0 Å². The number of H-pyrrole nitrogens is 1. The van der Waals surface area contributed by atoms with Crippen molar-refractivity contribution in [1.82, 2.24) is 29.6 Å². The molecule has 0 aliphatic rings. The highest BCUT2D eigenvalue weighted by molar-refractivity contribution is 5.92. The number of rotatable bonds is 4. The molecule has 0 spiro atoms. The van der Waals surface area contributed by atoms with E-state index in [9.17, 15) is 9.18 Å². The van der Waals surface area contributed by atoms with Crippen LogP contribution in [0.15, 0.2) is 55.1 Å².